The molecule has 1 heterocycles. The Bertz CT molecular complexity index is 970. The summed E-state index contributed by atoms with van der Waals surface area (Å²) in [6, 6.07) is 14.9. The van der Waals surface area contributed by atoms with E-state index in [1.807, 2.05) is 36.4 Å². The molecule has 2 aliphatic rings. The molecule has 0 amide bonds. The summed E-state index contributed by atoms with van der Waals surface area (Å²) in [5.41, 5.74) is 2.08. The monoisotopic (exact) mass is 424 g/mol. The smallest absolute Gasteiger partial charge is 0.210 e. The molecule has 1 aliphatic carbocycles. The van der Waals surface area contributed by atoms with E-state index in [0.717, 1.165) is 60.2 Å². The molecule has 4 rings (SSSR count). The van der Waals surface area contributed by atoms with Crippen LogP contribution in [0.2, 0.25) is 0 Å². The van der Waals surface area contributed by atoms with Crippen LogP contribution in [0.3, 0.4) is 0 Å². The van der Waals surface area contributed by atoms with Crippen LogP contribution in [-0.4, -0.2) is 24.3 Å². The molecule has 5 nitrogen and oxygen atoms in total. The molecule has 1 fully saturated rings. The topological polar surface area (TPSA) is 61.8 Å². The summed E-state index contributed by atoms with van der Waals surface area (Å²) in [4.78, 5) is 30.8. The van der Waals surface area contributed by atoms with Crippen molar-refractivity contribution in [1.29, 1.82) is 0 Å². The lowest BCUT2D eigenvalue weighted by Gasteiger charge is -2.32. The summed E-state index contributed by atoms with van der Waals surface area (Å²) >= 11 is 1.12. The van der Waals surface area contributed by atoms with E-state index >= 15 is 0 Å². The second-order valence-corrected chi connectivity index (χ2v) is 8.44. The average Bonchev–Trinajstić information content (AvgIpc) is 3.05. The molecule has 6 heteroatoms. The van der Waals surface area contributed by atoms with Crippen LogP contribution in [0.15, 0.2) is 53.4 Å². The largest absolute Gasteiger partial charge is 0.478 e. The first kappa shape index (κ1) is 20.8. The summed E-state index contributed by atoms with van der Waals surface area (Å²) in [6.45, 7) is 1.54. The Morgan fingerprint density at radius 3 is 2.20 bits per heavy atom. The van der Waals surface area contributed by atoms with Gasteiger partial charge in [-0.1, -0.05) is 42.8 Å². The van der Waals surface area contributed by atoms with Crippen molar-refractivity contribution < 1.29 is 23.5 Å². The minimum absolute atomic E-state index is 0.000121. The predicted molar refractivity (Wildman–Crippen MR) is 116 cm³/mol. The molecule has 2 aromatic carbocycles. The second kappa shape index (κ2) is 8.76. The molecule has 2 aromatic rings. The summed E-state index contributed by atoms with van der Waals surface area (Å²) in [7, 11) is 1.46. The van der Waals surface area contributed by atoms with Gasteiger partial charge in [-0.05, 0) is 50.3 Å². The van der Waals surface area contributed by atoms with E-state index in [9.17, 15) is 9.59 Å². The highest BCUT2D eigenvalue weighted by Crippen LogP contribution is 2.48. The molecule has 0 bridgehead atoms. The third-order valence-electron chi connectivity index (χ3n) is 5.72. The van der Waals surface area contributed by atoms with Gasteiger partial charge in [-0.15, -0.1) is 0 Å². The molecule has 1 spiro atoms. The molecule has 1 aliphatic heterocycles. The molecule has 0 saturated heterocycles. The van der Waals surface area contributed by atoms with Crippen LogP contribution in [0.5, 0.6) is 0 Å². The number of hydrogen-bond acceptors (Lipinski definition) is 6. The lowest BCUT2D eigenvalue weighted by atomic mass is 9.79. The van der Waals surface area contributed by atoms with Gasteiger partial charge in [-0.25, -0.2) is 4.89 Å². The maximum absolute atomic E-state index is 13.6. The first-order valence-electron chi connectivity index (χ1n) is 10.1. The van der Waals surface area contributed by atoms with Crippen molar-refractivity contribution in [3.8, 4) is 0 Å². The summed E-state index contributed by atoms with van der Waals surface area (Å²) in [5, 5.41) is 0. The van der Waals surface area contributed by atoms with Crippen LogP contribution in [0.1, 0.15) is 60.5 Å². The first-order chi connectivity index (χ1) is 14.5. The van der Waals surface area contributed by atoms with Gasteiger partial charge < -0.3 is 4.74 Å². The van der Waals surface area contributed by atoms with Crippen molar-refractivity contribution in [3.05, 3.63) is 65.2 Å². The van der Waals surface area contributed by atoms with Gasteiger partial charge in [-0.3, -0.25) is 9.59 Å². The van der Waals surface area contributed by atoms with Gasteiger partial charge in [0.25, 0.3) is 0 Å². The van der Waals surface area contributed by atoms with Crippen molar-refractivity contribution in [2.45, 2.75) is 49.5 Å². The Morgan fingerprint density at radius 1 is 0.967 bits per heavy atom. The quantitative estimate of drug-likeness (QED) is 0.259. The van der Waals surface area contributed by atoms with Crippen molar-refractivity contribution in [1.82, 2.24) is 0 Å². The molecule has 0 aromatic heterocycles. The highest BCUT2D eigenvalue weighted by atomic mass is 32.2. The maximum Gasteiger partial charge on any atom is 0.210 e. The molecule has 1 saturated carbocycles. The van der Waals surface area contributed by atoms with E-state index in [-0.39, 0.29) is 11.6 Å². The zero-order valence-corrected chi connectivity index (χ0v) is 17.9. The summed E-state index contributed by atoms with van der Waals surface area (Å²) in [5.74, 6) is 0.662. The third kappa shape index (κ3) is 3.95. The number of Topliss-reactive ketones (excluding diaryl/α,β-unsaturated/α-hetero) is 2. The molecule has 0 atom stereocenters. The number of rotatable bonds is 6. The molecular weight excluding hydrogens is 400 g/mol. The standard InChI is InChI=1S/C24H24O5S/c1-16(25)17-6-8-18(9-7-17)21-22(19-10-12-20(13-11-19)30-29-27-2)28-24(23(21)26)14-4-3-5-15-24/h6-13H,3-5,14-15H2,1-2H3. The highest BCUT2D eigenvalue weighted by Gasteiger charge is 2.50. The number of carbonyl (C=O) groups is 2. The molecule has 156 valence electrons. The Labute approximate surface area is 180 Å². The van der Waals surface area contributed by atoms with E-state index in [1.54, 1.807) is 12.1 Å². The van der Waals surface area contributed by atoms with E-state index in [4.69, 9.17) is 9.07 Å². The summed E-state index contributed by atoms with van der Waals surface area (Å²) in [6.07, 6.45) is 4.57. The first-order valence-corrected chi connectivity index (χ1v) is 10.9. The Balaban J connectivity index is 1.75. The van der Waals surface area contributed by atoms with Crippen molar-refractivity contribution >= 4 is 34.9 Å². The zero-order chi connectivity index (χ0) is 21.1. The lowest BCUT2D eigenvalue weighted by molar-refractivity contribution is -0.160. The maximum atomic E-state index is 13.6. The Hall–Kier alpha value is -2.41. The molecule has 0 N–H and O–H groups in total. The van der Waals surface area contributed by atoms with Gasteiger partial charge in [0.05, 0.1) is 24.7 Å². The normalized spacial score (nSPS) is 18.0. The van der Waals surface area contributed by atoms with Gasteiger partial charge in [-0.2, -0.15) is 4.33 Å². The van der Waals surface area contributed by atoms with Crippen LogP contribution in [-0.2, 0) is 18.8 Å². The van der Waals surface area contributed by atoms with E-state index in [1.165, 1.54) is 14.0 Å². The van der Waals surface area contributed by atoms with Gasteiger partial charge in [0.2, 0.25) is 5.78 Å². The van der Waals surface area contributed by atoms with Crippen molar-refractivity contribution in [2.24, 2.45) is 0 Å². The second-order valence-electron chi connectivity index (χ2n) is 7.67. The van der Waals surface area contributed by atoms with Crippen molar-refractivity contribution in [3.63, 3.8) is 0 Å². The predicted octanol–water partition coefficient (Wildman–Crippen LogP) is 5.64. The number of ketones is 2. The number of hydrogen-bond donors (Lipinski definition) is 0. The SMILES string of the molecule is COOSc1ccc(C2=C(c3ccc(C(C)=O)cc3)C(=O)C3(CCCCC3)O2)cc1. The van der Waals surface area contributed by atoms with Crippen LogP contribution < -0.4 is 0 Å². The number of ether oxygens (including phenoxy) is 1. The Kier molecular flexibility index (Phi) is 6.09. The number of benzene rings is 2. The fraction of sp³-hybridized carbons (Fsp3) is 0.333. The number of carbonyl (C=O) groups excluding carboxylic acids is 2. The zero-order valence-electron chi connectivity index (χ0n) is 17.1. The Morgan fingerprint density at radius 2 is 1.60 bits per heavy atom. The molecular formula is C24H24O5S. The highest BCUT2D eigenvalue weighted by molar-refractivity contribution is 7.94. The average molecular weight is 425 g/mol. The van der Waals surface area contributed by atoms with Gasteiger partial charge >= 0.3 is 0 Å². The summed E-state index contributed by atoms with van der Waals surface area (Å²) < 4.78 is 11.4. The van der Waals surface area contributed by atoms with E-state index in [2.05, 4.69) is 4.89 Å². The minimum atomic E-state index is -0.769. The minimum Gasteiger partial charge on any atom is -0.478 e. The van der Waals surface area contributed by atoms with Crippen LogP contribution in [0.25, 0.3) is 11.3 Å². The van der Waals surface area contributed by atoms with Crippen LogP contribution >= 0.6 is 12.0 Å². The molecule has 0 radical (unpaired) electrons. The van der Waals surface area contributed by atoms with Gasteiger partial charge in [0.15, 0.2) is 11.4 Å². The third-order valence-corrected chi connectivity index (χ3v) is 6.39. The molecule has 0 unspecified atom stereocenters. The van der Waals surface area contributed by atoms with Crippen LogP contribution in [0, 0.1) is 0 Å². The lowest BCUT2D eigenvalue weighted by Crippen LogP contribution is -2.39. The fourth-order valence-electron chi connectivity index (χ4n) is 4.15. The van der Waals surface area contributed by atoms with Crippen LogP contribution in [0.4, 0.5) is 0 Å². The van der Waals surface area contributed by atoms with E-state index < -0.39 is 5.60 Å². The molecule has 30 heavy (non-hydrogen) atoms. The fourth-order valence-corrected chi connectivity index (χ4v) is 4.54. The van der Waals surface area contributed by atoms with Gasteiger partial charge in [0.1, 0.15) is 5.76 Å². The van der Waals surface area contributed by atoms with Crippen molar-refractivity contribution in [2.75, 3.05) is 7.11 Å². The van der Waals surface area contributed by atoms with Gasteiger partial charge in [0, 0.05) is 16.0 Å². The van der Waals surface area contributed by atoms with E-state index in [0.29, 0.717) is 16.9 Å².